The van der Waals surface area contributed by atoms with Crippen LogP contribution in [0.5, 0.6) is 0 Å². The van der Waals surface area contributed by atoms with Crippen LogP contribution in [0.4, 0.5) is 17.2 Å². The number of aryl methyl sites for hydroxylation is 1. The molecule has 8 heteroatoms. The van der Waals surface area contributed by atoms with Gasteiger partial charge in [-0.3, -0.25) is 14.5 Å². The molecule has 41 heavy (non-hydrogen) atoms. The van der Waals surface area contributed by atoms with Crippen molar-refractivity contribution in [2.45, 2.75) is 59.5 Å². The van der Waals surface area contributed by atoms with E-state index in [9.17, 15) is 9.59 Å². The molecule has 0 aliphatic carbocycles. The second-order valence-corrected chi connectivity index (χ2v) is 11.9. The Balaban J connectivity index is 1.57. The van der Waals surface area contributed by atoms with Crippen molar-refractivity contribution >= 4 is 23.1 Å². The molecule has 0 aliphatic rings. The Morgan fingerprint density at radius 3 is 2.32 bits per heavy atom. The molecule has 0 spiro atoms. The first-order chi connectivity index (χ1) is 19.3. The molecule has 1 amide bonds. The SMILES string of the molecule is Cc1c(NC(=O)c2ccc(C(C)(C)C)cc2)cccc1-c1cc(Nc2ccc(CN(C)C(C)C)nn2)c(=O)n(C)c1. The molecule has 0 bridgehead atoms. The van der Waals surface area contributed by atoms with Gasteiger partial charge in [0.15, 0.2) is 5.82 Å². The van der Waals surface area contributed by atoms with Crippen molar-refractivity contribution in [3.05, 3.63) is 99.6 Å². The Bertz CT molecular complexity index is 1580. The van der Waals surface area contributed by atoms with Gasteiger partial charge in [-0.25, -0.2) is 0 Å². The molecule has 4 rings (SSSR count). The van der Waals surface area contributed by atoms with Crippen molar-refractivity contribution in [1.29, 1.82) is 0 Å². The molecule has 214 valence electrons. The van der Waals surface area contributed by atoms with Gasteiger partial charge in [-0.2, -0.15) is 5.10 Å². The number of pyridine rings is 1. The highest BCUT2D eigenvalue weighted by Gasteiger charge is 2.16. The third-order valence-electron chi connectivity index (χ3n) is 7.36. The number of amides is 1. The molecule has 0 saturated carbocycles. The van der Waals surface area contributed by atoms with E-state index in [-0.39, 0.29) is 16.9 Å². The third-order valence-corrected chi connectivity index (χ3v) is 7.36. The average Bonchev–Trinajstić information content (AvgIpc) is 2.92. The van der Waals surface area contributed by atoms with Crippen LogP contribution in [0.1, 0.15) is 61.8 Å². The zero-order chi connectivity index (χ0) is 29.9. The van der Waals surface area contributed by atoms with Gasteiger partial charge >= 0.3 is 0 Å². The largest absolute Gasteiger partial charge is 0.334 e. The fourth-order valence-corrected chi connectivity index (χ4v) is 4.44. The monoisotopic (exact) mass is 552 g/mol. The lowest BCUT2D eigenvalue weighted by Gasteiger charge is -2.20. The summed E-state index contributed by atoms with van der Waals surface area (Å²) < 4.78 is 1.54. The van der Waals surface area contributed by atoms with E-state index in [4.69, 9.17) is 0 Å². The number of nitrogens with one attached hydrogen (secondary N) is 2. The molecular weight excluding hydrogens is 512 g/mol. The predicted molar refractivity (Wildman–Crippen MR) is 167 cm³/mol. The molecule has 2 aromatic heterocycles. The van der Waals surface area contributed by atoms with E-state index in [1.165, 1.54) is 5.56 Å². The fraction of sp³-hybridized carbons (Fsp3) is 0.333. The molecule has 0 aliphatic heterocycles. The molecule has 0 fully saturated rings. The first-order valence-electron chi connectivity index (χ1n) is 13.9. The molecule has 8 nitrogen and oxygen atoms in total. The Labute approximate surface area is 242 Å². The lowest BCUT2D eigenvalue weighted by atomic mass is 9.86. The summed E-state index contributed by atoms with van der Waals surface area (Å²) in [7, 11) is 3.76. The van der Waals surface area contributed by atoms with Crippen LogP contribution in [0.2, 0.25) is 0 Å². The lowest BCUT2D eigenvalue weighted by molar-refractivity contribution is 0.102. The van der Waals surface area contributed by atoms with E-state index in [0.717, 1.165) is 22.4 Å². The number of benzene rings is 2. The molecule has 0 atom stereocenters. The molecule has 0 saturated heterocycles. The van der Waals surface area contributed by atoms with Crippen LogP contribution < -0.4 is 16.2 Å². The van der Waals surface area contributed by atoms with Gasteiger partial charge in [0.25, 0.3) is 11.5 Å². The smallest absolute Gasteiger partial charge is 0.274 e. The van der Waals surface area contributed by atoms with Crippen molar-refractivity contribution in [2.24, 2.45) is 7.05 Å². The van der Waals surface area contributed by atoms with Gasteiger partial charge < -0.3 is 15.2 Å². The number of rotatable bonds is 8. The van der Waals surface area contributed by atoms with Gasteiger partial charge in [-0.1, -0.05) is 45.0 Å². The molecule has 2 heterocycles. The van der Waals surface area contributed by atoms with Crippen LogP contribution in [0.15, 0.2) is 71.7 Å². The van der Waals surface area contributed by atoms with Gasteiger partial charge in [0, 0.05) is 42.6 Å². The highest BCUT2D eigenvalue weighted by atomic mass is 16.1. The topological polar surface area (TPSA) is 92.2 Å². The molecular formula is C33H40N6O2. The van der Waals surface area contributed by atoms with Crippen LogP contribution in [0, 0.1) is 6.92 Å². The Kier molecular flexibility index (Phi) is 8.73. The standard InChI is InChI=1S/C33H40N6O2/c1-21(2)38(7)20-26-16-17-30(37-36-26)34-29-18-24(19-39(8)32(29)41)27-10-9-11-28(22(27)3)35-31(40)23-12-14-25(15-13-23)33(4,5)6/h9-19,21H,20H2,1-8H3,(H,34,37)(H,35,40). The first kappa shape index (κ1) is 29.7. The molecule has 0 radical (unpaired) electrons. The van der Waals surface area contributed by atoms with E-state index in [1.54, 1.807) is 17.8 Å². The average molecular weight is 553 g/mol. The maximum Gasteiger partial charge on any atom is 0.274 e. The summed E-state index contributed by atoms with van der Waals surface area (Å²) in [6.45, 7) is 13.4. The summed E-state index contributed by atoms with van der Waals surface area (Å²) >= 11 is 0. The van der Waals surface area contributed by atoms with E-state index in [1.807, 2.05) is 74.6 Å². The van der Waals surface area contributed by atoms with Crippen LogP contribution in [0.3, 0.4) is 0 Å². The maximum atomic E-state index is 13.1. The molecule has 2 N–H and O–H groups in total. The van der Waals surface area contributed by atoms with Crippen molar-refractivity contribution < 1.29 is 4.79 Å². The number of anilines is 3. The number of nitrogens with zero attached hydrogens (tertiary/aromatic N) is 4. The molecule has 4 aromatic rings. The van der Waals surface area contributed by atoms with Crippen LogP contribution >= 0.6 is 0 Å². The summed E-state index contributed by atoms with van der Waals surface area (Å²) in [6.07, 6.45) is 1.79. The van der Waals surface area contributed by atoms with Crippen molar-refractivity contribution in [3.8, 4) is 11.1 Å². The Morgan fingerprint density at radius 2 is 1.71 bits per heavy atom. The fourth-order valence-electron chi connectivity index (χ4n) is 4.44. The van der Waals surface area contributed by atoms with E-state index in [2.05, 4.69) is 60.3 Å². The maximum absolute atomic E-state index is 13.1. The Morgan fingerprint density at radius 1 is 1.00 bits per heavy atom. The van der Waals surface area contributed by atoms with Crippen LogP contribution in [-0.2, 0) is 19.0 Å². The van der Waals surface area contributed by atoms with E-state index < -0.39 is 0 Å². The lowest BCUT2D eigenvalue weighted by Crippen LogP contribution is -2.26. The second-order valence-electron chi connectivity index (χ2n) is 11.9. The summed E-state index contributed by atoms with van der Waals surface area (Å²) in [5, 5.41) is 14.8. The number of carbonyl (C=O) groups is 1. The van der Waals surface area contributed by atoms with Gasteiger partial charge in [0.2, 0.25) is 0 Å². The van der Waals surface area contributed by atoms with Crippen LogP contribution in [-0.4, -0.2) is 38.7 Å². The molecule has 0 unspecified atom stereocenters. The predicted octanol–water partition coefficient (Wildman–Crippen LogP) is 6.28. The summed E-state index contributed by atoms with van der Waals surface area (Å²) in [4.78, 5) is 28.2. The van der Waals surface area contributed by atoms with Crippen molar-refractivity contribution in [2.75, 3.05) is 17.7 Å². The van der Waals surface area contributed by atoms with Gasteiger partial charge in [0.05, 0.1) is 5.69 Å². The van der Waals surface area contributed by atoms with E-state index >= 15 is 0 Å². The number of hydrogen-bond acceptors (Lipinski definition) is 6. The van der Waals surface area contributed by atoms with Crippen molar-refractivity contribution in [1.82, 2.24) is 19.7 Å². The zero-order valence-corrected chi connectivity index (χ0v) is 25.2. The van der Waals surface area contributed by atoms with E-state index in [0.29, 0.717) is 35.3 Å². The highest BCUT2D eigenvalue weighted by Crippen LogP contribution is 2.30. The second kappa shape index (κ2) is 12.1. The minimum absolute atomic E-state index is 0.0178. The summed E-state index contributed by atoms with van der Waals surface area (Å²) in [5.74, 6) is 0.320. The zero-order valence-electron chi connectivity index (χ0n) is 25.2. The van der Waals surface area contributed by atoms with Crippen LogP contribution in [0.25, 0.3) is 11.1 Å². The summed E-state index contributed by atoms with van der Waals surface area (Å²) in [5.41, 5.74) is 6.20. The van der Waals surface area contributed by atoms with Crippen molar-refractivity contribution in [3.63, 3.8) is 0 Å². The van der Waals surface area contributed by atoms with Gasteiger partial charge in [-0.05, 0) is 86.3 Å². The summed E-state index contributed by atoms with van der Waals surface area (Å²) in [6, 6.07) is 19.4. The number of aromatic nitrogens is 3. The van der Waals surface area contributed by atoms with Gasteiger partial charge in [-0.15, -0.1) is 5.10 Å². The van der Waals surface area contributed by atoms with Gasteiger partial charge in [0.1, 0.15) is 5.69 Å². The number of hydrogen-bond donors (Lipinski definition) is 2. The minimum Gasteiger partial charge on any atom is -0.334 e. The highest BCUT2D eigenvalue weighted by molar-refractivity contribution is 6.05. The number of carbonyl (C=O) groups excluding carboxylic acids is 1. The third kappa shape index (κ3) is 7.08. The first-order valence-corrected chi connectivity index (χ1v) is 13.9. The minimum atomic E-state index is -0.181. The molecule has 2 aromatic carbocycles. The quantitative estimate of drug-likeness (QED) is 0.267. The Hall–Kier alpha value is -4.30. The normalized spacial score (nSPS) is 11.7.